The predicted molar refractivity (Wildman–Crippen MR) is 98.2 cm³/mol. The molecule has 0 bridgehead atoms. The summed E-state index contributed by atoms with van der Waals surface area (Å²) in [6.07, 6.45) is -0.917. The number of anilines is 3. The van der Waals surface area contributed by atoms with Gasteiger partial charge in [-0.15, -0.1) is 0 Å². The van der Waals surface area contributed by atoms with E-state index in [2.05, 4.69) is 15.3 Å². The Balaban J connectivity index is 1.91. The summed E-state index contributed by atoms with van der Waals surface area (Å²) in [5.41, 5.74) is 0.377. The molecule has 0 saturated carbocycles. The van der Waals surface area contributed by atoms with Gasteiger partial charge in [0.2, 0.25) is 5.95 Å². The SMILES string of the molecule is CCCc1cc(N2CCCC2CO)nc(Nc2cccc(C(F)(F)F)c2)n1. The second-order valence-corrected chi connectivity index (χ2v) is 6.67. The van der Waals surface area contributed by atoms with Crippen LogP contribution in [0.3, 0.4) is 0 Å². The molecular formula is C19H23F3N4O. The van der Waals surface area contributed by atoms with Crippen LogP contribution in [-0.2, 0) is 12.6 Å². The monoisotopic (exact) mass is 380 g/mol. The number of nitrogens with one attached hydrogen (secondary N) is 1. The van der Waals surface area contributed by atoms with Gasteiger partial charge in [0.1, 0.15) is 5.82 Å². The molecule has 1 aliphatic rings. The lowest BCUT2D eigenvalue weighted by Crippen LogP contribution is -2.33. The minimum Gasteiger partial charge on any atom is -0.394 e. The molecule has 1 aliphatic heterocycles. The first-order valence-corrected chi connectivity index (χ1v) is 9.10. The van der Waals surface area contributed by atoms with E-state index < -0.39 is 11.7 Å². The average Bonchev–Trinajstić information content (AvgIpc) is 3.10. The number of nitrogens with zero attached hydrogens (tertiary/aromatic N) is 3. The van der Waals surface area contributed by atoms with Gasteiger partial charge in [0, 0.05) is 24.0 Å². The third-order valence-corrected chi connectivity index (χ3v) is 4.60. The maximum atomic E-state index is 12.9. The molecule has 1 aromatic carbocycles. The highest BCUT2D eigenvalue weighted by Gasteiger charge is 2.30. The van der Waals surface area contributed by atoms with Crippen molar-refractivity contribution in [3.8, 4) is 0 Å². The maximum Gasteiger partial charge on any atom is 0.416 e. The quantitative estimate of drug-likeness (QED) is 0.788. The summed E-state index contributed by atoms with van der Waals surface area (Å²) in [4.78, 5) is 11.0. The topological polar surface area (TPSA) is 61.3 Å². The summed E-state index contributed by atoms with van der Waals surface area (Å²) in [5.74, 6) is 0.957. The second kappa shape index (κ2) is 8.12. The maximum absolute atomic E-state index is 12.9. The fourth-order valence-corrected chi connectivity index (χ4v) is 3.30. The Bertz CT molecular complexity index is 782. The van der Waals surface area contributed by atoms with E-state index in [4.69, 9.17) is 0 Å². The van der Waals surface area contributed by atoms with Crippen molar-refractivity contribution in [3.05, 3.63) is 41.6 Å². The van der Waals surface area contributed by atoms with Crippen LogP contribution in [0.5, 0.6) is 0 Å². The van der Waals surface area contributed by atoms with Gasteiger partial charge in [0.15, 0.2) is 0 Å². The summed E-state index contributed by atoms with van der Waals surface area (Å²) in [6, 6.07) is 6.88. The number of rotatable bonds is 6. The number of aromatic nitrogens is 2. The highest BCUT2D eigenvalue weighted by Crippen LogP contribution is 2.31. The molecule has 2 aromatic rings. The zero-order valence-corrected chi connectivity index (χ0v) is 15.1. The summed E-state index contributed by atoms with van der Waals surface area (Å²) >= 11 is 0. The van der Waals surface area contributed by atoms with Gasteiger partial charge < -0.3 is 15.3 Å². The van der Waals surface area contributed by atoms with E-state index in [1.165, 1.54) is 6.07 Å². The molecule has 5 nitrogen and oxygen atoms in total. The van der Waals surface area contributed by atoms with E-state index in [1.54, 1.807) is 6.07 Å². The summed E-state index contributed by atoms with van der Waals surface area (Å²) in [6.45, 7) is 2.87. The number of alkyl halides is 3. The normalized spacial score (nSPS) is 17.4. The number of benzene rings is 1. The zero-order valence-electron chi connectivity index (χ0n) is 15.1. The van der Waals surface area contributed by atoms with E-state index in [1.807, 2.05) is 17.9 Å². The molecular weight excluding hydrogens is 357 g/mol. The van der Waals surface area contributed by atoms with Crippen LogP contribution in [0.25, 0.3) is 0 Å². The summed E-state index contributed by atoms with van der Waals surface area (Å²) in [5, 5.41) is 12.5. The molecule has 1 fully saturated rings. The second-order valence-electron chi connectivity index (χ2n) is 6.67. The first-order valence-electron chi connectivity index (χ1n) is 9.10. The molecule has 146 valence electrons. The molecule has 27 heavy (non-hydrogen) atoms. The van der Waals surface area contributed by atoms with E-state index in [9.17, 15) is 18.3 Å². The van der Waals surface area contributed by atoms with Gasteiger partial charge in [0.25, 0.3) is 0 Å². The third kappa shape index (κ3) is 4.68. The van der Waals surface area contributed by atoms with Crippen molar-refractivity contribution in [3.63, 3.8) is 0 Å². The number of hydrogen-bond acceptors (Lipinski definition) is 5. The Kier molecular flexibility index (Phi) is 5.84. The van der Waals surface area contributed by atoms with Crippen LogP contribution in [0.4, 0.5) is 30.6 Å². The van der Waals surface area contributed by atoms with Crippen LogP contribution < -0.4 is 10.2 Å². The first-order chi connectivity index (χ1) is 12.9. The van der Waals surface area contributed by atoms with Crippen LogP contribution in [0, 0.1) is 0 Å². The lowest BCUT2D eigenvalue weighted by atomic mass is 10.2. The summed E-state index contributed by atoms with van der Waals surface area (Å²) < 4.78 is 38.8. The van der Waals surface area contributed by atoms with Crippen molar-refractivity contribution >= 4 is 17.5 Å². The third-order valence-electron chi connectivity index (χ3n) is 4.60. The smallest absolute Gasteiger partial charge is 0.394 e. The van der Waals surface area contributed by atoms with Crippen molar-refractivity contribution in [2.75, 3.05) is 23.4 Å². The Labute approximate surface area is 156 Å². The van der Waals surface area contributed by atoms with Crippen molar-refractivity contribution < 1.29 is 18.3 Å². The fourth-order valence-electron chi connectivity index (χ4n) is 3.30. The number of aryl methyl sites for hydroxylation is 1. The Morgan fingerprint density at radius 1 is 1.26 bits per heavy atom. The van der Waals surface area contributed by atoms with Gasteiger partial charge in [-0.1, -0.05) is 19.4 Å². The lowest BCUT2D eigenvalue weighted by Gasteiger charge is -2.25. The van der Waals surface area contributed by atoms with E-state index in [-0.39, 0.29) is 24.3 Å². The number of aliphatic hydroxyl groups excluding tert-OH is 1. The standard InChI is InChI=1S/C19H23F3N4O/c1-2-5-14-11-17(26-9-4-8-16(26)12-27)25-18(23-14)24-15-7-3-6-13(10-15)19(20,21)22/h3,6-7,10-11,16,27H,2,4-5,8-9,12H2,1H3,(H,23,24,25). The largest absolute Gasteiger partial charge is 0.416 e. The van der Waals surface area contributed by atoms with Crippen molar-refractivity contribution in [2.24, 2.45) is 0 Å². The molecule has 0 radical (unpaired) electrons. The zero-order chi connectivity index (χ0) is 19.4. The van der Waals surface area contributed by atoms with Crippen LogP contribution in [0.2, 0.25) is 0 Å². The molecule has 1 atom stereocenters. The molecule has 3 rings (SSSR count). The molecule has 8 heteroatoms. The minimum absolute atomic E-state index is 0.00999. The van der Waals surface area contributed by atoms with Gasteiger partial charge >= 0.3 is 6.18 Å². The van der Waals surface area contributed by atoms with Crippen LogP contribution in [-0.4, -0.2) is 34.3 Å². The van der Waals surface area contributed by atoms with Gasteiger partial charge in [0.05, 0.1) is 18.2 Å². The number of hydrogen-bond donors (Lipinski definition) is 2. The highest BCUT2D eigenvalue weighted by molar-refractivity contribution is 5.57. The number of aliphatic hydroxyl groups is 1. The van der Waals surface area contributed by atoms with Crippen LogP contribution in [0.1, 0.15) is 37.4 Å². The van der Waals surface area contributed by atoms with E-state index in [0.717, 1.165) is 50.1 Å². The van der Waals surface area contributed by atoms with Crippen LogP contribution >= 0.6 is 0 Å². The average molecular weight is 380 g/mol. The van der Waals surface area contributed by atoms with Gasteiger partial charge in [-0.05, 0) is 37.5 Å². The summed E-state index contributed by atoms with van der Waals surface area (Å²) in [7, 11) is 0. The fraction of sp³-hybridized carbons (Fsp3) is 0.474. The Morgan fingerprint density at radius 3 is 2.78 bits per heavy atom. The molecule has 0 aliphatic carbocycles. The Hall–Kier alpha value is -2.35. The van der Waals surface area contributed by atoms with Gasteiger partial charge in [-0.3, -0.25) is 0 Å². The molecule has 1 aromatic heterocycles. The molecule has 1 unspecified atom stereocenters. The lowest BCUT2D eigenvalue weighted by molar-refractivity contribution is -0.137. The molecule has 0 amide bonds. The molecule has 0 spiro atoms. The minimum atomic E-state index is -4.41. The molecule has 1 saturated heterocycles. The van der Waals surface area contributed by atoms with Crippen molar-refractivity contribution in [1.82, 2.24) is 9.97 Å². The molecule has 2 heterocycles. The van der Waals surface area contributed by atoms with Crippen molar-refractivity contribution in [1.29, 1.82) is 0 Å². The van der Waals surface area contributed by atoms with Gasteiger partial charge in [-0.2, -0.15) is 18.2 Å². The van der Waals surface area contributed by atoms with Crippen molar-refractivity contribution in [2.45, 2.75) is 44.8 Å². The number of halogens is 3. The van der Waals surface area contributed by atoms with Crippen LogP contribution in [0.15, 0.2) is 30.3 Å². The Morgan fingerprint density at radius 2 is 2.07 bits per heavy atom. The predicted octanol–water partition coefficient (Wildman–Crippen LogP) is 4.15. The van der Waals surface area contributed by atoms with E-state index in [0.29, 0.717) is 5.82 Å². The first kappa shape index (κ1) is 19.4. The highest BCUT2D eigenvalue weighted by atomic mass is 19.4. The van der Waals surface area contributed by atoms with Gasteiger partial charge in [-0.25, -0.2) is 4.98 Å². The molecule has 2 N–H and O–H groups in total. The van der Waals surface area contributed by atoms with E-state index >= 15 is 0 Å².